The summed E-state index contributed by atoms with van der Waals surface area (Å²) in [6.07, 6.45) is 1.63. The van der Waals surface area contributed by atoms with Gasteiger partial charge >= 0.3 is 35.7 Å². The van der Waals surface area contributed by atoms with Crippen molar-refractivity contribution >= 4 is 28.0 Å². The van der Waals surface area contributed by atoms with Crippen molar-refractivity contribution in [3.05, 3.63) is 0 Å². The van der Waals surface area contributed by atoms with Crippen molar-refractivity contribution in [2.45, 2.75) is 38.8 Å². The van der Waals surface area contributed by atoms with E-state index in [2.05, 4.69) is 5.32 Å². The Morgan fingerprint density at radius 3 is 2.37 bits per heavy atom. The van der Waals surface area contributed by atoms with Crippen LogP contribution in [0.4, 0.5) is 4.79 Å². The number of carbonyl (C=O) groups is 1. The van der Waals surface area contributed by atoms with Crippen LogP contribution in [0.3, 0.4) is 0 Å². The van der Waals surface area contributed by atoms with Gasteiger partial charge in [-0.05, 0) is 39.2 Å². The molecule has 1 atom stereocenters. The Bertz CT molecular complexity index is 372. The molecule has 6 nitrogen and oxygen atoms in total. The van der Waals surface area contributed by atoms with Gasteiger partial charge in [-0.15, -0.1) is 0 Å². The van der Waals surface area contributed by atoms with E-state index in [-0.39, 0.29) is 31.0 Å². The third-order valence-electron chi connectivity index (χ3n) is 1.80. The smallest absolute Gasteiger partial charge is 1.00 e. The van der Waals surface area contributed by atoms with E-state index in [1.54, 1.807) is 20.8 Å². The van der Waals surface area contributed by atoms with E-state index in [0.717, 1.165) is 0 Å². The average Bonchev–Trinajstić information content (AvgIpc) is 2.08. The van der Waals surface area contributed by atoms with Crippen LogP contribution >= 0.6 is 11.8 Å². The molecule has 0 heterocycles. The van der Waals surface area contributed by atoms with Crippen molar-refractivity contribution in [2.75, 3.05) is 17.8 Å². The van der Waals surface area contributed by atoms with Crippen molar-refractivity contribution in [1.29, 1.82) is 0 Å². The van der Waals surface area contributed by atoms with Gasteiger partial charge in [0.15, 0.2) is 0 Å². The van der Waals surface area contributed by atoms with Gasteiger partial charge in [0.2, 0.25) is 0 Å². The number of amides is 1. The largest absolute Gasteiger partial charge is 1.00 e. The monoisotopic (exact) mass is 323 g/mol. The molecule has 1 amide bonds. The van der Waals surface area contributed by atoms with Gasteiger partial charge in [0.1, 0.15) is 5.60 Å². The van der Waals surface area contributed by atoms with Gasteiger partial charge in [0.05, 0.1) is 5.75 Å². The van der Waals surface area contributed by atoms with E-state index in [4.69, 9.17) is 9.29 Å². The Morgan fingerprint density at radius 2 is 2.00 bits per heavy atom. The molecule has 0 radical (unpaired) electrons. The quantitative estimate of drug-likeness (QED) is 0.463. The van der Waals surface area contributed by atoms with Gasteiger partial charge in [-0.3, -0.25) is 4.55 Å². The Morgan fingerprint density at radius 1 is 1.47 bits per heavy atom. The Kier molecular flexibility index (Phi) is 10.9. The molecule has 9 heteroatoms. The molecule has 0 aromatic carbocycles. The summed E-state index contributed by atoms with van der Waals surface area (Å²) >= 11 is 1.53. The number of carbonyl (C=O) groups excluding carboxylic acids is 1. The zero-order chi connectivity index (χ0) is 14.4. The van der Waals surface area contributed by atoms with Crippen LogP contribution in [0.25, 0.3) is 0 Å². The van der Waals surface area contributed by atoms with E-state index >= 15 is 0 Å². The predicted octanol–water partition coefficient (Wildman–Crippen LogP) is -1.36. The number of hydrogen-bond donors (Lipinski definition) is 2. The van der Waals surface area contributed by atoms with Crippen molar-refractivity contribution in [2.24, 2.45) is 0 Å². The third-order valence-corrected chi connectivity index (χ3v) is 3.27. The van der Waals surface area contributed by atoms with Crippen LogP contribution in [0.1, 0.15) is 28.6 Å². The second-order valence-corrected chi connectivity index (χ2v) is 7.36. The predicted molar refractivity (Wildman–Crippen MR) is 73.7 cm³/mol. The van der Waals surface area contributed by atoms with E-state index in [0.29, 0.717) is 12.2 Å². The van der Waals surface area contributed by atoms with E-state index < -0.39 is 33.6 Å². The van der Waals surface area contributed by atoms with Crippen molar-refractivity contribution in [1.82, 2.24) is 5.32 Å². The first-order valence-electron chi connectivity index (χ1n) is 5.47. The van der Waals surface area contributed by atoms with Gasteiger partial charge < -0.3 is 11.5 Å². The zero-order valence-corrected chi connectivity index (χ0v) is 15.7. The van der Waals surface area contributed by atoms with Gasteiger partial charge in [-0.25, -0.2) is 4.79 Å². The Labute approximate surface area is 142 Å². The molecule has 0 unspecified atom stereocenters. The summed E-state index contributed by atoms with van der Waals surface area (Å²) in [7, 11) is -4.12. The van der Waals surface area contributed by atoms with Crippen LogP contribution in [-0.2, 0) is 14.9 Å². The summed E-state index contributed by atoms with van der Waals surface area (Å²) < 4.78 is 35.5. The first kappa shape index (κ1) is 21.8. The topological polar surface area (TPSA) is 92.7 Å². The van der Waals surface area contributed by atoms with Crippen LogP contribution in [0.15, 0.2) is 0 Å². The fraction of sp³-hybridized carbons (Fsp3) is 0.900. The van der Waals surface area contributed by atoms with Crippen LogP contribution in [0, 0.1) is 0 Å². The Hall–Kier alpha value is 0.530. The summed E-state index contributed by atoms with van der Waals surface area (Å²) in [6.45, 7) is 5.14. The molecule has 0 bridgehead atoms. The maximum atomic E-state index is 11.5. The molecule has 0 aromatic rings. The second-order valence-electron chi connectivity index (χ2n) is 4.87. The molecule has 19 heavy (non-hydrogen) atoms. The molecule has 0 fully saturated rings. The van der Waals surface area contributed by atoms with Gasteiger partial charge in [0, 0.05) is 6.04 Å². The zero-order valence-electron chi connectivity index (χ0n) is 13.1. The molecule has 0 saturated carbocycles. The maximum Gasteiger partial charge on any atom is 1.00 e. The molecule has 0 aliphatic heterocycles. The van der Waals surface area contributed by atoms with Gasteiger partial charge in [-0.1, -0.05) is 0 Å². The van der Waals surface area contributed by atoms with Crippen molar-refractivity contribution < 1.29 is 53.5 Å². The van der Waals surface area contributed by atoms with E-state index in [1.165, 1.54) is 11.8 Å². The van der Waals surface area contributed by atoms with Gasteiger partial charge in [-0.2, -0.15) is 20.2 Å². The minimum Gasteiger partial charge on any atom is -1.00 e. The van der Waals surface area contributed by atoms with E-state index in [9.17, 15) is 13.2 Å². The number of alkyl carbamates (subject to hydrolysis) is 1. The number of rotatable bonds is 6. The third kappa shape index (κ3) is 14.7. The van der Waals surface area contributed by atoms with Crippen LogP contribution in [0.5, 0.6) is 0 Å². The number of hydrogen-bond acceptors (Lipinski definition) is 5. The SMILES string of the molecule is CSCC[C@@H](CS(=O)(=O)O)NC(=O)OC(C)(C)C.[H-].[Na+]. The fourth-order valence-corrected chi connectivity index (χ4v) is 2.46. The van der Waals surface area contributed by atoms with E-state index in [1.807, 2.05) is 6.26 Å². The molecule has 0 aliphatic carbocycles. The number of ether oxygens (including phenoxy) is 1. The maximum absolute atomic E-state index is 11.5. The molecule has 0 saturated heterocycles. The molecular formula is C10H22NNaO5S2. The van der Waals surface area contributed by atoms with Crippen molar-refractivity contribution in [3.63, 3.8) is 0 Å². The minimum absolute atomic E-state index is 0. The summed E-state index contributed by atoms with van der Waals surface area (Å²) in [4.78, 5) is 11.5. The first-order chi connectivity index (χ1) is 8.03. The minimum atomic E-state index is -4.12. The molecule has 110 valence electrons. The summed E-state index contributed by atoms with van der Waals surface area (Å²) in [6, 6.07) is -0.651. The van der Waals surface area contributed by atoms with Crippen LogP contribution in [-0.4, -0.2) is 48.5 Å². The van der Waals surface area contributed by atoms with Crippen molar-refractivity contribution in [3.8, 4) is 0 Å². The summed E-state index contributed by atoms with van der Waals surface area (Å²) in [5.41, 5.74) is -0.647. The fourth-order valence-electron chi connectivity index (χ4n) is 1.19. The average molecular weight is 323 g/mol. The van der Waals surface area contributed by atoms with Crippen LogP contribution in [0.2, 0.25) is 0 Å². The van der Waals surface area contributed by atoms with Gasteiger partial charge in [0.25, 0.3) is 10.1 Å². The number of nitrogens with one attached hydrogen (secondary N) is 1. The second kappa shape index (κ2) is 9.46. The normalized spacial score (nSPS) is 13.3. The molecule has 0 spiro atoms. The van der Waals surface area contributed by atoms with Crippen LogP contribution < -0.4 is 34.9 Å². The first-order valence-corrected chi connectivity index (χ1v) is 8.47. The molecular weight excluding hydrogens is 301 g/mol. The molecule has 0 aromatic heterocycles. The molecule has 0 rings (SSSR count). The summed E-state index contributed by atoms with van der Waals surface area (Å²) in [5.74, 6) is 0.169. The summed E-state index contributed by atoms with van der Waals surface area (Å²) in [5, 5.41) is 2.45. The Balaban J connectivity index is -0.00000144. The molecule has 0 aliphatic rings. The number of thioether (sulfide) groups is 1. The molecule has 2 N–H and O–H groups in total. The standard InChI is InChI=1S/C10H21NO5S2.Na.H/c1-10(2,3)16-9(12)11-8(5-6-17-4)7-18(13,14)15;;/h8H,5-7H2,1-4H3,(H,11,12)(H,13,14,15);;/q;+1;-1/t8-;;/m0../s1.